The Balaban J connectivity index is 0.00000110. The Labute approximate surface area is 122 Å². The highest BCUT2D eigenvalue weighted by molar-refractivity contribution is 5.74. The number of ether oxygens (including phenoxy) is 1. The molecule has 0 radical (unpaired) electrons. The molecule has 0 amide bonds. The van der Waals surface area contributed by atoms with E-state index < -0.39 is 0 Å². The van der Waals surface area contributed by atoms with E-state index in [0.717, 1.165) is 24.7 Å². The smallest absolute Gasteiger partial charge is 0.150 e. The van der Waals surface area contributed by atoms with Crippen molar-refractivity contribution in [3.63, 3.8) is 0 Å². The van der Waals surface area contributed by atoms with Crippen molar-refractivity contribution in [3.8, 4) is 5.75 Å². The van der Waals surface area contributed by atoms with Crippen molar-refractivity contribution in [1.29, 1.82) is 0 Å². The van der Waals surface area contributed by atoms with E-state index in [1.165, 1.54) is 6.92 Å². The fourth-order valence-electron chi connectivity index (χ4n) is 2.25. The Morgan fingerprint density at radius 1 is 1.00 bits per heavy atom. The Morgan fingerprint density at radius 2 is 1.45 bits per heavy atom. The van der Waals surface area contributed by atoms with Crippen LogP contribution in [-0.2, 0) is 4.79 Å². The van der Waals surface area contributed by atoms with E-state index >= 15 is 0 Å². The van der Waals surface area contributed by atoms with Crippen LogP contribution in [0.25, 0.3) is 0 Å². The number of hydrogen-bond donors (Lipinski definition) is 0. The SMILES string of the molecule is CC(C)(C)CC(C)(C)Oc1ccc(C=O)cc1.CC=O. The lowest BCUT2D eigenvalue weighted by atomic mass is 9.83. The van der Waals surface area contributed by atoms with Crippen LogP contribution in [0.4, 0.5) is 0 Å². The van der Waals surface area contributed by atoms with E-state index in [4.69, 9.17) is 9.53 Å². The van der Waals surface area contributed by atoms with Gasteiger partial charge in [-0.2, -0.15) is 0 Å². The zero-order chi connectivity index (χ0) is 15.8. The van der Waals surface area contributed by atoms with Crippen LogP contribution in [-0.4, -0.2) is 18.2 Å². The fourth-order valence-corrected chi connectivity index (χ4v) is 2.25. The monoisotopic (exact) mass is 278 g/mol. The highest BCUT2D eigenvalue weighted by Gasteiger charge is 2.27. The summed E-state index contributed by atoms with van der Waals surface area (Å²) in [4.78, 5) is 19.4. The van der Waals surface area contributed by atoms with Crippen molar-refractivity contribution < 1.29 is 14.3 Å². The van der Waals surface area contributed by atoms with Crippen molar-refractivity contribution in [3.05, 3.63) is 29.8 Å². The minimum absolute atomic E-state index is 0.207. The summed E-state index contributed by atoms with van der Waals surface area (Å²) in [6.07, 6.45) is 2.56. The molecule has 0 N–H and O–H groups in total. The minimum Gasteiger partial charge on any atom is -0.488 e. The lowest BCUT2D eigenvalue weighted by Crippen LogP contribution is -2.33. The maximum absolute atomic E-state index is 10.5. The van der Waals surface area contributed by atoms with Gasteiger partial charge in [0.1, 0.15) is 23.9 Å². The summed E-state index contributed by atoms with van der Waals surface area (Å²) >= 11 is 0. The minimum atomic E-state index is -0.207. The van der Waals surface area contributed by atoms with Gasteiger partial charge in [-0.25, -0.2) is 0 Å². The number of carbonyl (C=O) groups is 2. The molecular formula is C17H26O3. The molecule has 0 saturated carbocycles. The maximum atomic E-state index is 10.5. The van der Waals surface area contributed by atoms with Crippen molar-refractivity contribution in [2.45, 2.75) is 53.6 Å². The van der Waals surface area contributed by atoms with Gasteiger partial charge in [0.2, 0.25) is 0 Å². The van der Waals surface area contributed by atoms with E-state index in [-0.39, 0.29) is 11.0 Å². The molecule has 0 aliphatic carbocycles. The van der Waals surface area contributed by atoms with Crippen LogP contribution in [0.5, 0.6) is 5.75 Å². The van der Waals surface area contributed by atoms with Crippen LogP contribution in [0.2, 0.25) is 0 Å². The molecule has 0 bridgehead atoms. The number of benzene rings is 1. The molecule has 3 heteroatoms. The van der Waals surface area contributed by atoms with Gasteiger partial charge < -0.3 is 9.53 Å². The summed E-state index contributed by atoms with van der Waals surface area (Å²) in [6.45, 7) is 12.2. The third kappa shape index (κ3) is 8.46. The van der Waals surface area contributed by atoms with Gasteiger partial charge in [0.15, 0.2) is 0 Å². The topological polar surface area (TPSA) is 43.4 Å². The molecule has 20 heavy (non-hydrogen) atoms. The zero-order valence-corrected chi connectivity index (χ0v) is 13.4. The second-order valence-corrected chi connectivity index (χ2v) is 6.52. The first kappa shape index (κ1) is 18.4. The average Bonchev–Trinajstić information content (AvgIpc) is 2.27. The quantitative estimate of drug-likeness (QED) is 0.771. The largest absolute Gasteiger partial charge is 0.488 e. The molecule has 0 spiro atoms. The lowest BCUT2D eigenvalue weighted by Gasteiger charge is -2.33. The highest BCUT2D eigenvalue weighted by Crippen LogP contribution is 2.30. The first-order valence-electron chi connectivity index (χ1n) is 6.77. The normalized spacial score (nSPS) is 11.1. The van der Waals surface area contributed by atoms with Crippen molar-refractivity contribution in [2.24, 2.45) is 5.41 Å². The standard InChI is InChI=1S/C15H22O2.C2H4O/c1-14(2,3)11-15(4,5)17-13-8-6-12(10-16)7-9-13;1-2-3/h6-10H,11H2,1-5H3;2H,1H3. The molecule has 1 aromatic carbocycles. The Hall–Kier alpha value is -1.64. The van der Waals surface area contributed by atoms with Crippen molar-refractivity contribution in [2.75, 3.05) is 0 Å². The van der Waals surface area contributed by atoms with E-state index in [2.05, 4.69) is 34.6 Å². The summed E-state index contributed by atoms with van der Waals surface area (Å²) in [6, 6.07) is 7.23. The predicted octanol–water partition coefficient (Wildman–Crippen LogP) is 4.30. The molecular weight excluding hydrogens is 252 g/mol. The van der Waals surface area contributed by atoms with E-state index in [1.54, 1.807) is 12.1 Å². The summed E-state index contributed by atoms with van der Waals surface area (Å²) in [5.74, 6) is 0.810. The van der Waals surface area contributed by atoms with Gasteiger partial charge in [0, 0.05) is 5.56 Å². The summed E-state index contributed by atoms with van der Waals surface area (Å²) in [7, 11) is 0. The maximum Gasteiger partial charge on any atom is 0.150 e. The molecule has 0 heterocycles. The molecule has 0 fully saturated rings. The lowest BCUT2D eigenvalue weighted by molar-refractivity contribution is -0.106. The van der Waals surface area contributed by atoms with E-state index in [1.807, 2.05) is 12.1 Å². The second kappa shape index (κ2) is 7.83. The van der Waals surface area contributed by atoms with Crippen LogP contribution in [0.3, 0.4) is 0 Å². The van der Waals surface area contributed by atoms with E-state index in [9.17, 15) is 4.79 Å². The van der Waals surface area contributed by atoms with Crippen LogP contribution < -0.4 is 4.74 Å². The van der Waals surface area contributed by atoms with Crippen LogP contribution >= 0.6 is 0 Å². The number of aldehydes is 2. The summed E-state index contributed by atoms with van der Waals surface area (Å²) in [5, 5.41) is 0. The molecule has 0 aliphatic rings. The van der Waals surface area contributed by atoms with Gasteiger partial charge in [0.25, 0.3) is 0 Å². The summed E-state index contributed by atoms with van der Waals surface area (Å²) in [5.41, 5.74) is 0.693. The first-order valence-corrected chi connectivity index (χ1v) is 6.77. The predicted molar refractivity (Wildman–Crippen MR) is 82.3 cm³/mol. The highest BCUT2D eigenvalue weighted by atomic mass is 16.5. The molecule has 0 aromatic heterocycles. The van der Waals surface area contributed by atoms with Crippen molar-refractivity contribution >= 4 is 12.6 Å². The van der Waals surface area contributed by atoms with Crippen LogP contribution in [0.15, 0.2) is 24.3 Å². The van der Waals surface area contributed by atoms with Gasteiger partial charge in [-0.05, 0) is 56.9 Å². The molecule has 0 aliphatic heterocycles. The van der Waals surface area contributed by atoms with Crippen LogP contribution in [0.1, 0.15) is 58.3 Å². The van der Waals surface area contributed by atoms with Gasteiger partial charge in [-0.15, -0.1) is 0 Å². The number of rotatable bonds is 4. The third-order valence-corrected chi connectivity index (χ3v) is 2.37. The Kier molecular flexibility index (Phi) is 7.19. The first-order chi connectivity index (χ1) is 9.13. The molecule has 3 nitrogen and oxygen atoms in total. The van der Waals surface area contributed by atoms with Gasteiger partial charge in [-0.3, -0.25) is 4.79 Å². The third-order valence-electron chi connectivity index (χ3n) is 2.37. The summed E-state index contributed by atoms with van der Waals surface area (Å²) < 4.78 is 5.96. The number of hydrogen-bond acceptors (Lipinski definition) is 3. The molecule has 1 rings (SSSR count). The fraction of sp³-hybridized carbons (Fsp3) is 0.529. The molecule has 1 aromatic rings. The van der Waals surface area contributed by atoms with Gasteiger partial charge in [0.05, 0.1) is 0 Å². The molecule has 0 atom stereocenters. The second-order valence-electron chi connectivity index (χ2n) is 6.52. The van der Waals surface area contributed by atoms with E-state index in [0.29, 0.717) is 5.56 Å². The molecule has 112 valence electrons. The molecule has 0 saturated heterocycles. The zero-order valence-electron chi connectivity index (χ0n) is 13.4. The molecule has 0 unspecified atom stereocenters. The van der Waals surface area contributed by atoms with Gasteiger partial charge in [-0.1, -0.05) is 20.8 Å². The average molecular weight is 278 g/mol. The van der Waals surface area contributed by atoms with Gasteiger partial charge >= 0.3 is 0 Å². The number of carbonyl (C=O) groups excluding carboxylic acids is 2. The van der Waals surface area contributed by atoms with Crippen molar-refractivity contribution in [1.82, 2.24) is 0 Å². The Morgan fingerprint density at radius 3 is 1.80 bits per heavy atom. The Bertz CT molecular complexity index is 411. The van der Waals surface area contributed by atoms with Crippen LogP contribution in [0, 0.1) is 5.41 Å².